The second-order valence-corrected chi connectivity index (χ2v) is 6.65. The van der Waals surface area contributed by atoms with Gasteiger partial charge in [-0.3, -0.25) is 4.79 Å². The van der Waals surface area contributed by atoms with Crippen molar-refractivity contribution in [3.63, 3.8) is 0 Å². The molecule has 1 aliphatic heterocycles. The van der Waals surface area contributed by atoms with Gasteiger partial charge >= 0.3 is 0 Å². The lowest BCUT2D eigenvalue weighted by Crippen LogP contribution is -2.42. The Hall–Kier alpha value is -2.28. The molecule has 0 saturated heterocycles. The summed E-state index contributed by atoms with van der Waals surface area (Å²) in [5, 5.41) is 0. The Morgan fingerprint density at radius 1 is 1.24 bits per heavy atom. The fourth-order valence-corrected chi connectivity index (χ4v) is 3.26. The van der Waals surface area contributed by atoms with E-state index in [1.807, 2.05) is 24.3 Å². The van der Waals surface area contributed by atoms with Crippen molar-refractivity contribution >= 4 is 17.7 Å². The van der Waals surface area contributed by atoms with Crippen LogP contribution in [-0.2, 0) is 4.79 Å². The maximum Gasteiger partial charge on any atom is 0.232 e. The van der Waals surface area contributed by atoms with E-state index in [0.29, 0.717) is 24.7 Å². The van der Waals surface area contributed by atoms with Gasteiger partial charge in [-0.1, -0.05) is 12.1 Å². The van der Waals surface area contributed by atoms with E-state index in [1.54, 1.807) is 7.05 Å². The van der Waals surface area contributed by atoms with Gasteiger partial charge in [-0.2, -0.15) is 0 Å². The van der Waals surface area contributed by atoms with E-state index in [0.717, 1.165) is 17.8 Å². The highest BCUT2D eigenvalue weighted by Crippen LogP contribution is 2.31. The molecule has 132 valence electrons. The summed E-state index contributed by atoms with van der Waals surface area (Å²) in [6, 6.07) is 10.7. The fraction of sp³-hybridized carbons (Fsp3) is 0.278. The van der Waals surface area contributed by atoms with Crippen molar-refractivity contribution in [2.75, 3.05) is 26.0 Å². The Morgan fingerprint density at radius 3 is 2.76 bits per heavy atom. The number of amides is 1. The zero-order valence-electron chi connectivity index (χ0n) is 13.6. The molecule has 0 aromatic heterocycles. The quantitative estimate of drug-likeness (QED) is 0.762. The van der Waals surface area contributed by atoms with Crippen molar-refractivity contribution in [2.45, 2.75) is 11.0 Å². The number of fused-ring (bicyclic) bond motifs is 1. The smallest absolute Gasteiger partial charge is 0.232 e. The predicted octanol–water partition coefficient (Wildman–Crippen LogP) is 3.36. The fourth-order valence-electron chi connectivity index (χ4n) is 2.40. The van der Waals surface area contributed by atoms with Crippen molar-refractivity contribution in [1.82, 2.24) is 4.90 Å². The van der Waals surface area contributed by atoms with Crippen LogP contribution in [0.5, 0.6) is 11.5 Å². The molecule has 0 bridgehead atoms. The van der Waals surface area contributed by atoms with Gasteiger partial charge < -0.3 is 14.4 Å². The molecule has 1 atom stereocenters. The van der Waals surface area contributed by atoms with Gasteiger partial charge in [0, 0.05) is 18.0 Å². The molecule has 2 aromatic carbocycles. The summed E-state index contributed by atoms with van der Waals surface area (Å²) in [5.41, 5.74) is 0. The molecular weight excluding hydrogens is 348 g/mol. The molecular formula is C18H17F2NO3S. The summed E-state index contributed by atoms with van der Waals surface area (Å²) in [6.07, 6.45) is -0.267. The normalized spacial score (nSPS) is 15.7. The van der Waals surface area contributed by atoms with E-state index in [1.165, 1.54) is 17.0 Å². The summed E-state index contributed by atoms with van der Waals surface area (Å²) in [6.45, 7) is 0.716. The minimum Gasteiger partial charge on any atom is -0.486 e. The topological polar surface area (TPSA) is 38.8 Å². The van der Waals surface area contributed by atoms with Gasteiger partial charge in [0.15, 0.2) is 17.6 Å². The predicted molar refractivity (Wildman–Crippen MR) is 91.1 cm³/mol. The number of carbonyl (C=O) groups excluding carboxylic acids is 1. The Morgan fingerprint density at radius 2 is 2.00 bits per heavy atom. The van der Waals surface area contributed by atoms with Crippen molar-refractivity contribution in [2.24, 2.45) is 0 Å². The molecule has 4 nitrogen and oxygen atoms in total. The molecule has 25 heavy (non-hydrogen) atoms. The van der Waals surface area contributed by atoms with Gasteiger partial charge in [0.1, 0.15) is 18.2 Å². The van der Waals surface area contributed by atoms with E-state index in [9.17, 15) is 13.6 Å². The third kappa shape index (κ3) is 4.42. The molecule has 1 amide bonds. The number of benzene rings is 2. The van der Waals surface area contributed by atoms with Crippen LogP contribution in [0.25, 0.3) is 0 Å². The van der Waals surface area contributed by atoms with Gasteiger partial charge in [0.2, 0.25) is 5.91 Å². The molecule has 0 aliphatic carbocycles. The summed E-state index contributed by atoms with van der Waals surface area (Å²) >= 11 is 1.04. The van der Waals surface area contributed by atoms with Crippen LogP contribution >= 0.6 is 11.8 Å². The zero-order valence-corrected chi connectivity index (χ0v) is 14.4. The largest absolute Gasteiger partial charge is 0.486 e. The second-order valence-electron chi connectivity index (χ2n) is 5.64. The number of likely N-dealkylation sites (N-methyl/N-ethyl adjacent to an activating group) is 1. The molecule has 0 radical (unpaired) electrons. The number of ether oxygens (including phenoxy) is 2. The van der Waals surface area contributed by atoms with Crippen molar-refractivity contribution in [1.29, 1.82) is 0 Å². The summed E-state index contributed by atoms with van der Waals surface area (Å²) in [5.74, 6) is -0.0712. The number of halogens is 2. The van der Waals surface area contributed by atoms with E-state index < -0.39 is 11.6 Å². The number of para-hydroxylation sites is 2. The standard InChI is InChI=1S/C18H17F2NO3S/c1-21(9-13-10-23-15-4-2-3-5-16(15)24-13)18(22)11-25-17-7-6-12(19)8-14(17)20/h2-8,13H,9-11H2,1H3. The number of nitrogens with zero attached hydrogens (tertiary/aromatic N) is 1. The van der Waals surface area contributed by atoms with E-state index >= 15 is 0 Å². The van der Waals surface area contributed by atoms with Gasteiger partial charge in [-0.25, -0.2) is 8.78 Å². The van der Waals surface area contributed by atoms with Crippen LogP contribution in [0.3, 0.4) is 0 Å². The average Bonchev–Trinajstić information content (AvgIpc) is 2.60. The maximum absolute atomic E-state index is 13.6. The van der Waals surface area contributed by atoms with Gasteiger partial charge in [-0.15, -0.1) is 11.8 Å². The molecule has 0 N–H and O–H groups in total. The van der Waals surface area contributed by atoms with E-state index in [4.69, 9.17) is 9.47 Å². The second kappa shape index (κ2) is 7.74. The number of rotatable bonds is 5. The third-order valence-electron chi connectivity index (χ3n) is 3.72. The van der Waals surface area contributed by atoms with Crippen LogP contribution in [0, 0.1) is 11.6 Å². The van der Waals surface area contributed by atoms with E-state index in [2.05, 4.69) is 0 Å². The van der Waals surface area contributed by atoms with Crippen LogP contribution in [0.2, 0.25) is 0 Å². The molecule has 7 heteroatoms. The van der Waals surface area contributed by atoms with Gasteiger partial charge in [0.05, 0.1) is 12.3 Å². The highest BCUT2D eigenvalue weighted by atomic mass is 32.2. The van der Waals surface area contributed by atoms with Gasteiger partial charge in [-0.05, 0) is 24.3 Å². The number of thioether (sulfide) groups is 1. The zero-order chi connectivity index (χ0) is 17.8. The minimum atomic E-state index is -0.666. The SMILES string of the molecule is CN(CC1COc2ccccc2O1)C(=O)CSc1ccc(F)cc1F. The Labute approximate surface area is 148 Å². The lowest BCUT2D eigenvalue weighted by molar-refractivity contribution is -0.128. The molecule has 1 aliphatic rings. The first-order valence-corrected chi connectivity index (χ1v) is 8.72. The molecule has 0 fully saturated rings. The number of hydrogen-bond donors (Lipinski definition) is 0. The minimum absolute atomic E-state index is 0.0587. The first-order chi connectivity index (χ1) is 12.0. The van der Waals surface area contributed by atoms with Crippen LogP contribution in [0.1, 0.15) is 0 Å². The summed E-state index contributed by atoms with van der Waals surface area (Å²) < 4.78 is 37.9. The van der Waals surface area contributed by atoms with Crippen LogP contribution < -0.4 is 9.47 Å². The molecule has 0 saturated carbocycles. The highest BCUT2D eigenvalue weighted by Gasteiger charge is 2.23. The van der Waals surface area contributed by atoms with E-state index in [-0.39, 0.29) is 22.7 Å². The number of carbonyl (C=O) groups is 1. The van der Waals surface area contributed by atoms with Crippen LogP contribution in [0.15, 0.2) is 47.4 Å². The van der Waals surface area contributed by atoms with Crippen molar-refractivity contribution in [3.05, 3.63) is 54.1 Å². The third-order valence-corrected chi connectivity index (χ3v) is 4.75. The van der Waals surface area contributed by atoms with Crippen molar-refractivity contribution < 1.29 is 23.0 Å². The van der Waals surface area contributed by atoms with Crippen molar-refractivity contribution in [3.8, 4) is 11.5 Å². The summed E-state index contributed by atoms with van der Waals surface area (Å²) in [7, 11) is 1.66. The molecule has 2 aromatic rings. The molecule has 1 unspecified atom stereocenters. The Bertz CT molecular complexity index is 772. The van der Waals surface area contributed by atoms with Crippen LogP contribution in [-0.4, -0.2) is 42.9 Å². The van der Waals surface area contributed by atoms with Gasteiger partial charge in [0.25, 0.3) is 0 Å². The molecule has 3 rings (SSSR count). The van der Waals surface area contributed by atoms with Crippen LogP contribution in [0.4, 0.5) is 8.78 Å². The first-order valence-electron chi connectivity index (χ1n) is 7.73. The number of hydrogen-bond acceptors (Lipinski definition) is 4. The monoisotopic (exact) mass is 365 g/mol. The summed E-state index contributed by atoms with van der Waals surface area (Å²) in [4.78, 5) is 14.0. The Kier molecular flexibility index (Phi) is 5.43. The maximum atomic E-state index is 13.6. The first kappa shape index (κ1) is 17.5. The lowest BCUT2D eigenvalue weighted by atomic mass is 10.2. The lowest BCUT2D eigenvalue weighted by Gasteiger charge is -2.29. The Balaban J connectivity index is 1.51. The highest BCUT2D eigenvalue weighted by molar-refractivity contribution is 8.00. The molecule has 1 heterocycles. The molecule has 0 spiro atoms. The average molecular weight is 365 g/mol.